The summed E-state index contributed by atoms with van der Waals surface area (Å²) in [5.74, 6) is -0.336. The number of imidazole rings is 1. The van der Waals surface area contributed by atoms with Crippen LogP contribution in [-0.2, 0) is 4.79 Å². The van der Waals surface area contributed by atoms with E-state index in [0.717, 1.165) is 43.5 Å². The maximum Gasteiger partial charge on any atom is 0.305 e. The lowest BCUT2D eigenvalue weighted by Crippen LogP contribution is -2.42. The van der Waals surface area contributed by atoms with Crippen molar-refractivity contribution < 1.29 is 14.7 Å². The van der Waals surface area contributed by atoms with Crippen LogP contribution in [0.1, 0.15) is 75.2 Å². The van der Waals surface area contributed by atoms with Crippen molar-refractivity contribution in [3.05, 3.63) is 53.7 Å². The van der Waals surface area contributed by atoms with Gasteiger partial charge in [-0.05, 0) is 63.8 Å². The molecule has 1 aromatic carbocycles. The van der Waals surface area contributed by atoms with E-state index in [1.165, 1.54) is 0 Å². The average Bonchev–Trinajstić information content (AvgIpc) is 3.20. The van der Waals surface area contributed by atoms with Gasteiger partial charge in [-0.2, -0.15) is 5.26 Å². The number of carboxylic acid groups (broad SMARTS) is 1. The molecule has 188 valence electrons. The van der Waals surface area contributed by atoms with Crippen molar-refractivity contribution >= 4 is 23.3 Å². The molecule has 3 aromatic rings. The van der Waals surface area contributed by atoms with E-state index in [4.69, 9.17) is 4.98 Å². The van der Waals surface area contributed by atoms with Gasteiger partial charge >= 0.3 is 5.97 Å². The Morgan fingerprint density at radius 3 is 2.47 bits per heavy atom. The van der Waals surface area contributed by atoms with Crippen LogP contribution in [0.25, 0.3) is 16.9 Å². The highest BCUT2D eigenvalue weighted by Gasteiger charge is 2.29. The minimum absolute atomic E-state index is 0.0959. The molecule has 2 aromatic heterocycles. The van der Waals surface area contributed by atoms with Gasteiger partial charge in [0, 0.05) is 23.3 Å². The van der Waals surface area contributed by atoms with E-state index in [1.807, 2.05) is 43.5 Å². The predicted molar refractivity (Wildman–Crippen MR) is 139 cm³/mol. The van der Waals surface area contributed by atoms with Crippen molar-refractivity contribution in [3.63, 3.8) is 0 Å². The molecule has 8 heteroatoms. The summed E-state index contributed by atoms with van der Waals surface area (Å²) in [5, 5.41) is 25.2. The van der Waals surface area contributed by atoms with Gasteiger partial charge in [0.15, 0.2) is 5.65 Å². The molecule has 0 bridgehead atoms. The first-order valence-electron chi connectivity index (χ1n) is 12.5. The van der Waals surface area contributed by atoms with E-state index in [-0.39, 0.29) is 23.8 Å². The summed E-state index contributed by atoms with van der Waals surface area (Å²) in [4.78, 5) is 29.9. The molecule has 0 aliphatic heterocycles. The van der Waals surface area contributed by atoms with E-state index >= 15 is 0 Å². The maximum atomic E-state index is 13.5. The number of aromatic nitrogens is 2. The number of benzene rings is 1. The van der Waals surface area contributed by atoms with E-state index in [1.54, 1.807) is 24.3 Å². The second-order valence-electron chi connectivity index (χ2n) is 10.6. The Kier molecular flexibility index (Phi) is 7.30. The van der Waals surface area contributed by atoms with Crippen LogP contribution < -0.4 is 10.6 Å². The lowest BCUT2D eigenvalue weighted by molar-refractivity contribution is -0.137. The highest BCUT2D eigenvalue weighted by Crippen LogP contribution is 2.33. The molecule has 1 saturated carbocycles. The molecule has 8 nitrogen and oxygen atoms in total. The van der Waals surface area contributed by atoms with Crippen molar-refractivity contribution in [2.75, 3.05) is 5.32 Å². The Balaban J connectivity index is 1.75. The Hall–Kier alpha value is -3.86. The fourth-order valence-corrected chi connectivity index (χ4v) is 4.93. The van der Waals surface area contributed by atoms with Gasteiger partial charge in [0.05, 0.1) is 23.6 Å². The molecular weight excluding hydrogens is 454 g/mol. The van der Waals surface area contributed by atoms with Crippen LogP contribution in [0.4, 0.5) is 5.82 Å². The first kappa shape index (κ1) is 25.2. The molecule has 0 saturated heterocycles. The van der Waals surface area contributed by atoms with Gasteiger partial charge in [-0.25, -0.2) is 4.98 Å². The molecule has 1 aliphatic rings. The lowest BCUT2D eigenvalue weighted by atomic mass is 9.82. The largest absolute Gasteiger partial charge is 0.481 e. The van der Waals surface area contributed by atoms with Crippen molar-refractivity contribution in [1.29, 1.82) is 5.26 Å². The lowest BCUT2D eigenvalue weighted by Gasteiger charge is -2.30. The van der Waals surface area contributed by atoms with Crippen LogP contribution in [-0.4, -0.2) is 37.9 Å². The first-order valence-corrected chi connectivity index (χ1v) is 12.5. The van der Waals surface area contributed by atoms with E-state index < -0.39 is 12.0 Å². The molecule has 1 amide bonds. The molecule has 36 heavy (non-hydrogen) atoms. The van der Waals surface area contributed by atoms with Crippen molar-refractivity contribution in [2.24, 2.45) is 5.92 Å². The number of hydrogen-bond donors (Lipinski definition) is 3. The number of amides is 1. The van der Waals surface area contributed by atoms with Gasteiger partial charge in [0.2, 0.25) is 0 Å². The van der Waals surface area contributed by atoms with E-state index in [0.29, 0.717) is 22.5 Å². The van der Waals surface area contributed by atoms with Crippen LogP contribution in [0.2, 0.25) is 0 Å². The SMILES string of the molecule is CC(C)(C)Nc1c(-c2ccc(C#N)cc2)nc2c(C(=O)NC(CC(=O)O)C3CCCCC3)cccn12. The van der Waals surface area contributed by atoms with Gasteiger partial charge in [-0.1, -0.05) is 31.4 Å². The summed E-state index contributed by atoms with van der Waals surface area (Å²) in [6, 6.07) is 12.4. The number of anilines is 1. The Bertz CT molecular complexity index is 1290. The summed E-state index contributed by atoms with van der Waals surface area (Å²) in [6.45, 7) is 6.14. The number of carbonyl (C=O) groups excluding carboxylic acids is 1. The number of rotatable bonds is 7. The van der Waals surface area contributed by atoms with Gasteiger partial charge in [-0.15, -0.1) is 0 Å². The van der Waals surface area contributed by atoms with Crippen LogP contribution in [0.15, 0.2) is 42.6 Å². The second kappa shape index (κ2) is 10.4. The number of nitrogens with zero attached hydrogens (tertiary/aromatic N) is 3. The summed E-state index contributed by atoms with van der Waals surface area (Å²) in [5.41, 5.74) is 2.65. The zero-order valence-corrected chi connectivity index (χ0v) is 21.0. The Morgan fingerprint density at radius 2 is 1.86 bits per heavy atom. The molecule has 1 unspecified atom stereocenters. The first-order chi connectivity index (χ1) is 17.2. The average molecular weight is 488 g/mol. The van der Waals surface area contributed by atoms with Gasteiger partial charge in [-0.3, -0.25) is 14.0 Å². The van der Waals surface area contributed by atoms with E-state index in [9.17, 15) is 20.0 Å². The molecule has 2 heterocycles. The van der Waals surface area contributed by atoms with Crippen molar-refractivity contribution in [2.45, 2.75) is 70.9 Å². The standard InChI is InChI=1S/C28H33N5O3/c1-28(2,3)32-26-24(20-13-11-18(17-29)12-14-20)31-25-21(10-7-15-33(25)26)27(36)30-22(16-23(34)35)19-8-5-4-6-9-19/h7,10-15,19,22,32H,4-6,8-9,16H2,1-3H3,(H,30,36)(H,34,35). The van der Waals surface area contributed by atoms with Crippen molar-refractivity contribution in [3.8, 4) is 17.3 Å². The zero-order chi connectivity index (χ0) is 25.9. The number of pyridine rings is 1. The van der Waals surface area contributed by atoms with Gasteiger partial charge < -0.3 is 15.7 Å². The smallest absolute Gasteiger partial charge is 0.305 e. The quantitative estimate of drug-likeness (QED) is 0.419. The normalized spacial score (nSPS) is 15.3. The molecule has 0 radical (unpaired) electrons. The van der Waals surface area contributed by atoms with Crippen LogP contribution in [0.3, 0.4) is 0 Å². The number of aliphatic carboxylic acids is 1. The topological polar surface area (TPSA) is 120 Å². The minimum atomic E-state index is -0.912. The Morgan fingerprint density at radius 1 is 1.17 bits per heavy atom. The number of carboxylic acids is 1. The third kappa shape index (κ3) is 5.68. The summed E-state index contributed by atoms with van der Waals surface area (Å²) >= 11 is 0. The highest BCUT2D eigenvalue weighted by molar-refractivity contribution is 6.01. The molecular formula is C28H33N5O3. The number of nitrogens with one attached hydrogen (secondary N) is 2. The van der Waals surface area contributed by atoms with Crippen LogP contribution in [0.5, 0.6) is 0 Å². The number of carbonyl (C=O) groups is 2. The van der Waals surface area contributed by atoms with Gasteiger partial charge in [0.1, 0.15) is 11.5 Å². The van der Waals surface area contributed by atoms with Gasteiger partial charge in [0.25, 0.3) is 5.91 Å². The monoisotopic (exact) mass is 487 g/mol. The third-order valence-electron chi connectivity index (χ3n) is 6.61. The summed E-state index contributed by atoms with van der Waals surface area (Å²) in [6.07, 6.45) is 6.88. The predicted octanol–water partition coefficient (Wildman–Crippen LogP) is 5.24. The molecule has 1 atom stereocenters. The Labute approximate surface area is 211 Å². The number of fused-ring (bicyclic) bond motifs is 1. The molecule has 0 spiro atoms. The van der Waals surface area contributed by atoms with E-state index in [2.05, 4.69) is 16.7 Å². The fraction of sp³-hybridized carbons (Fsp3) is 0.429. The van der Waals surface area contributed by atoms with Crippen molar-refractivity contribution in [1.82, 2.24) is 14.7 Å². The summed E-state index contributed by atoms with van der Waals surface area (Å²) < 4.78 is 1.86. The summed E-state index contributed by atoms with van der Waals surface area (Å²) in [7, 11) is 0. The van der Waals surface area contributed by atoms with Crippen LogP contribution >= 0.6 is 0 Å². The second-order valence-corrected chi connectivity index (χ2v) is 10.6. The number of nitriles is 1. The minimum Gasteiger partial charge on any atom is -0.481 e. The third-order valence-corrected chi connectivity index (χ3v) is 6.61. The molecule has 1 aliphatic carbocycles. The zero-order valence-electron chi connectivity index (χ0n) is 21.0. The molecule has 3 N–H and O–H groups in total. The fourth-order valence-electron chi connectivity index (χ4n) is 4.93. The maximum absolute atomic E-state index is 13.5. The molecule has 1 fully saturated rings. The number of hydrogen-bond acceptors (Lipinski definition) is 5. The van der Waals surface area contributed by atoms with Crippen LogP contribution in [0, 0.1) is 17.2 Å². The molecule has 4 rings (SSSR count). The highest BCUT2D eigenvalue weighted by atomic mass is 16.4.